The number of aliphatic hydroxyl groups is 1. The van der Waals surface area contributed by atoms with Crippen LogP contribution in [0.3, 0.4) is 0 Å². The average Bonchev–Trinajstić information content (AvgIpc) is 2.69. The maximum Gasteiger partial charge on any atom is 0.199 e. The van der Waals surface area contributed by atoms with Gasteiger partial charge in [0.15, 0.2) is 18.0 Å². The van der Waals surface area contributed by atoms with E-state index < -0.39 is 18.0 Å². The van der Waals surface area contributed by atoms with E-state index in [2.05, 4.69) is 0 Å². The lowest BCUT2D eigenvalue weighted by atomic mass is 9.88. The normalized spacial score (nSPS) is 17.7. The van der Waals surface area contributed by atoms with Crippen LogP contribution < -0.4 is 4.74 Å². The van der Waals surface area contributed by atoms with E-state index in [-0.39, 0.29) is 17.1 Å². The molecule has 0 amide bonds. The molecule has 0 saturated carbocycles. The van der Waals surface area contributed by atoms with E-state index in [9.17, 15) is 20.1 Å². The van der Waals surface area contributed by atoms with Crippen LogP contribution in [0.1, 0.15) is 60.8 Å². The van der Waals surface area contributed by atoms with Crippen molar-refractivity contribution in [1.29, 1.82) is 0 Å². The molecule has 2 aromatic rings. The van der Waals surface area contributed by atoms with Crippen molar-refractivity contribution >= 4 is 5.78 Å². The topological polar surface area (TPSA) is 87.0 Å². The fourth-order valence-corrected chi connectivity index (χ4v) is 3.46. The number of phenolic OH excluding ortho intramolecular Hbond substituents is 2. The Bertz CT molecular complexity index is 1010. The van der Waals surface area contributed by atoms with Crippen LogP contribution in [-0.2, 0) is 12.8 Å². The highest BCUT2D eigenvalue weighted by Crippen LogP contribution is 2.43. The summed E-state index contributed by atoms with van der Waals surface area (Å²) in [4.78, 5) is 13.1. The Balaban J connectivity index is 2.14. The molecule has 0 spiro atoms. The summed E-state index contributed by atoms with van der Waals surface area (Å²) in [7, 11) is 0. The van der Waals surface area contributed by atoms with E-state index in [4.69, 9.17) is 4.74 Å². The van der Waals surface area contributed by atoms with E-state index >= 15 is 0 Å². The first-order chi connectivity index (χ1) is 14.2. The van der Waals surface area contributed by atoms with E-state index in [0.717, 1.165) is 11.1 Å². The molecule has 5 heteroatoms. The summed E-state index contributed by atoms with van der Waals surface area (Å²) in [5.74, 6) is 0.0597. The van der Waals surface area contributed by atoms with Gasteiger partial charge in [0.25, 0.3) is 0 Å². The van der Waals surface area contributed by atoms with Crippen LogP contribution in [0.4, 0.5) is 0 Å². The molecule has 0 aromatic heterocycles. The van der Waals surface area contributed by atoms with Crippen molar-refractivity contribution in [1.82, 2.24) is 0 Å². The van der Waals surface area contributed by atoms with Crippen LogP contribution >= 0.6 is 0 Å². The van der Waals surface area contributed by atoms with Crippen molar-refractivity contribution in [3.63, 3.8) is 0 Å². The van der Waals surface area contributed by atoms with Gasteiger partial charge in [0.05, 0.1) is 5.56 Å². The van der Waals surface area contributed by atoms with E-state index in [1.807, 2.05) is 39.8 Å². The van der Waals surface area contributed by atoms with Gasteiger partial charge < -0.3 is 20.1 Å². The van der Waals surface area contributed by atoms with Gasteiger partial charge in [-0.05, 0) is 69.9 Å². The number of phenols is 2. The number of rotatable bonds is 5. The summed E-state index contributed by atoms with van der Waals surface area (Å²) in [5, 5.41) is 31.2. The zero-order valence-corrected chi connectivity index (χ0v) is 17.8. The smallest absolute Gasteiger partial charge is 0.199 e. The minimum absolute atomic E-state index is 0.0848. The van der Waals surface area contributed by atoms with Crippen molar-refractivity contribution in [2.24, 2.45) is 0 Å². The predicted molar refractivity (Wildman–Crippen MR) is 116 cm³/mol. The number of aromatic hydroxyl groups is 2. The number of carbonyl (C=O) groups is 1. The number of Topliss-reactive ketones (excluding diaryl/α,β-unsaturated/α-hetero) is 1. The first-order valence-electron chi connectivity index (χ1n) is 10.0. The molecule has 158 valence electrons. The summed E-state index contributed by atoms with van der Waals surface area (Å²) in [6.07, 6.45) is 2.54. The average molecular weight is 408 g/mol. The fourth-order valence-electron chi connectivity index (χ4n) is 3.46. The van der Waals surface area contributed by atoms with Gasteiger partial charge in [-0.2, -0.15) is 0 Å². The molecule has 5 nitrogen and oxygen atoms in total. The van der Waals surface area contributed by atoms with Gasteiger partial charge in [-0.15, -0.1) is 0 Å². The Kier molecular flexibility index (Phi) is 6.32. The van der Waals surface area contributed by atoms with Gasteiger partial charge in [-0.1, -0.05) is 35.4 Å². The molecular weight excluding hydrogens is 380 g/mol. The van der Waals surface area contributed by atoms with E-state index in [0.29, 0.717) is 35.3 Å². The fraction of sp³-hybridized carbons (Fsp3) is 0.320. The number of ketones is 1. The Hall–Kier alpha value is -3.05. The van der Waals surface area contributed by atoms with Crippen molar-refractivity contribution in [2.75, 3.05) is 0 Å². The summed E-state index contributed by atoms with van der Waals surface area (Å²) in [6.45, 7) is 7.87. The second-order valence-corrected chi connectivity index (χ2v) is 8.15. The Labute approximate surface area is 177 Å². The molecule has 1 heterocycles. The Morgan fingerprint density at radius 2 is 1.60 bits per heavy atom. The lowest BCUT2D eigenvalue weighted by molar-refractivity contribution is 0.0211. The molecule has 0 fully saturated rings. The zero-order chi connectivity index (χ0) is 22.0. The van der Waals surface area contributed by atoms with Crippen LogP contribution in [-0.4, -0.2) is 27.2 Å². The van der Waals surface area contributed by atoms with Gasteiger partial charge in [-0.25, -0.2) is 0 Å². The van der Waals surface area contributed by atoms with Crippen molar-refractivity contribution in [3.8, 4) is 17.2 Å². The van der Waals surface area contributed by atoms with Gasteiger partial charge >= 0.3 is 0 Å². The maximum atomic E-state index is 13.1. The SMILES string of the molecule is CC(C)=CCc1cc2c(c(CC=C(C)C)c1O)O[C@H](c1ccc(O)cc1)[C@H](O)C2=O. The molecule has 2 aromatic carbocycles. The highest BCUT2D eigenvalue weighted by atomic mass is 16.5. The molecule has 2 atom stereocenters. The summed E-state index contributed by atoms with van der Waals surface area (Å²) in [5.41, 5.74) is 4.20. The molecule has 0 radical (unpaired) electrons. The van der Waals surface area contributed by atoms with Gasteiger partial charge in [0.1, 0.15) is 17.2 Å². The molecule has 1 aliphatic heterocycles. The second kappa shape index (κ2) is 8.76. The number of hydrogen-bond acceptors (Lipinski definition) is 5. The molecule has 3 N–H and O–H groups in total. The number of benzene rings is 2. The van der Waals surface area contributed by atoms with Gasteiger partial charge in [0, 0.05) is 5.56 Å². The number of aliphatic hydroxyl groups excluding tert-OH is 1. The van der Waals surface area contributed by atoms with E-state index in [1.54, 1.807) is 18.2 Å². The lowest BCUT2D eigenvalue weighted by Crippen LogP contribution is -2.36. The quantitative estimate of drug-likeness (QED) is 0.619. The molecular formula is C25H28O5. The van der Waals surface area contributed by atoms with Crippen LogP contribution in [0.15, 0.2) is 53.6 Å². The Morgan fingerprint density at radius 3 is 2.20 bits per heavy atom. The Morgan fingerprint density at radius 1 is 1.00 bits per heavy atom. The number of allylic oxidation sites excluding steroid dienone is 4. The molecule has 1 aliphatic rings. The standard InChI is InChI=1S/C25H28O5/c1-14(2)5-7-17-13-20-22(28)23(29)24(16-8-10-18(26)11-9-16)30-25(20)19(21(17)27)12-6-15(3)4/h5-6,8-11,13,23-24,26-27,29H,7,12H2,1-4H3/t23-,24-/m1/s1. The number of ether oxygens (including phenoxy) is 1. The van der Waals surface area contributed by atoms with Crippen LogP contribution in [0, 0.1) is 0 Å². The largest absolute Gasteiger partial charge is 0.508 e. The van der Waals surface area contributed by atoms with Crippen LogP contribution in [0.2, 0.25) is 0 Å². The summed E-state index contributed by atoms with van der Waals surface area (Å²) >= 11 is 0. The van der Waals surface area contributed by atoms with Crippen molar-refractivity contribution in [2.45, 2.75) is 52.7 Å². The molecule has 0 unspecified atom stereocenters. The highest BCUT2D eigenvalue weighted by Gasteiger charge is 2.39. The second-order valence-electron chi connectivity index (χ2n) is 8.15. The first kappa shape index (κ1) is 21.7. The lowest BCUT2D eigenvalue weighted by Gasteiger charge is -2.32. The number of fused-ring (bicyclic) bond motifs is 1. The zero-order valence-electron chi connectivity index (χ0n) is 17.8. The molecule has 0 bridgehead atoms. The first-order valence-corrected chi connectivity index (χ1v) is 10.0. The van der Waals surface area contributed by atoms with E-state index in [1.165, 1.54) is 12.1 Å². The molecule has 0 aliphatic carbocycles. The van der Waals surface area contributed by atoms with Gasteiger partial charge in [-0.3, -0.25) is 4.79 Å². The van der Waals surface area contributed by atoms with Gasteiger partial charge in [0.2, 0.25) is 0 Å². The molecule has 0 saturated heterocycles. The van der Waals surface area contributed by atoms with Crippen LogP contribution in [0.25, 0.3) is 0 Å². The maximum absolute atomic E-state index is 13.1. The molecule has 30 heavy (non-hydrogen) atoms. The third-order valence-electron chi connectivity index (χ3n) is 5.16. The van der Waals surface area contributed by atoms with Crippen molar-refractivity contribution < 1.29 is 24.9 Å². The minimum atomic E-state index is -1.38. The number of carbonyl (C=O) groups excluding carboxylic acids is 1. The van der Waals surface area contributed by atoms with Crippen molar-refractivity contribution in [3.05, 3.63) is 75.9 Å². The molecule has 3 rings (SSSR count). The summed E-state index contributed by atoms with van der Waals surface area (Å²) < 4.78 is 6.11. The highest BCUT2D eigenvalue weighted by molar-refractivity contribution is 6.04. The third kappa shape index (κ3) is 4.41. The predicted octanol–water partition coefficient (Wildman–Crippen LogP) is 4.79. The third-order valence-corrected chi connectivity index (χ3v) is 5.16. The number of hydrogen-bond donors (Lipinski definition) is 3. The van der Waals surface area contributed by atoms with Crippen LogP contribution in [0.5, 0.6) is 17.2 Å². The summed E-state index contributed by atoms with van der Waals surface area (Å²) in [6, 6.07) is 7.81. The monoisotopic (exact) mass is 408 g/mol. The minimum Gasteiger partial charge on any atom is -0.508 e.